The highest BCUT2D eigenvalue weighted by molar-refractivity contribution is 14.0. The zero-order valence-corrected chi connectivity index (χ0v) is 15.7. The Morgan fingerprint density at radius 3 is 2.81 bits per heavy atom. The van der Waals surface area contributed by atoms with Gasteiger partial charge in [0, 0.05) is 38.6 Å². The summed E-state index contributed by atoms with van der Waals surface area (Å²) in [5, 5.41) is 3.42. The lowest BCUT2D eigenvalue weighted by molar-refractivity contribution is 0.322. The van der Waals surface area contributed by atoms with Crippen molar-refractivity contribution in [3.8, 4) is 0 Å². The van der Waals surface area contributed by atoms with Crippen molar-refractivity contribution in [1.29, 1.82) is 0 Å². The van der Waals surface area contributed by atoms with E-state index >= 15 is 0 Å². The Morgan fingerprint density at radius 1 is 1.43 bits per heavy atom. The van der Waals surface area contributed by atoms with E-state index in [4.69, 9.17) is 4.99 Å². The van der Waals surface area contributed by atoms with E-state index in [2.05, 4.69) is 40.5 Å². The first-order valence-corrected chi connectivity index (χ1v) is 7.66. The molecular formula is C15H28IN5. The topological polar surface area (TPSA) is 45.5 Å². The quantitative estimate of drug-likeness (QED) is 0.466. The van der Waals surface area contributed by atoms with Crippen LogP contribution in [0.2, 0.25) is 0 Å². The number of nitrogens with zero attached hydrogens (tertiary/aromatic N) is 4. The molecule has 1 aliphatic rings. The van der Waals surface area contributed by atoms with Crippen LogP contribution in [0.15, 0.2) is 23.7 Å². The molecular weight excluding hydrogens is 377 g/mol. The maximum Gasteiger partial charge on any atom is 0.193 e. The lowest BCUT2D eigenvalue weighted by Crippen LogP contribution is -2.41. The molecule has 1 aliphatic heterocycles. The Labute approximate surface area is 145 Å². The van der Waals surface area contributed by atoms with Crippen molar-refractivity contribution in [2.45, 2.75) is 40.2 Å². The van der Waals surface area contributed by atoms with Crippen LogP contribution in [0.5, 0.6) is 0 Å². The van der Waals surface area contributed by atoms with E-state index in [0.717, 1.165) is 38.7 Å². The fraction of sp³-hybridized carbons (Fsp3) is 0.733. The van der Waals surface area contributed by atoms with Crippen molar-refractivity contribution in [1.82, 2.24) is 19.8 Å². The number of hydrogen-bond donors (Lipinski definition) is 1. The molecule has 0 aromatic carbocycles. The van der Waals surface area contributed by atoms with Crippen molar-refractivity contribution in [3.05, 3.63) is 18.7 Å². The van der Waals surface area contributed by atoms with Crippen molar-refractivity contribution in [2.24, 2.45) is 10.4 Å². The number of rotatable bonds is 5. The second-order valence-electron chi connectivity index (χ2n) is 5.87. The summed E-state index contributed by atoms with van der Waals surface area (Å²) in [5.41, 5.74) is 0.445. The Balaban J connectivity index is 0.00000220. The lowest BCUT2D eigenvalue weighted by atomic mass is 9.87. The Hall–Kier alpha value is -0.790. The molecule has 0 bridgehead atoms. The summed E-state index contributed by atoms with van der Waals surface area (Å²) in [6, 6.07) is 0. The van der Waals surface area contributed by atoms with E-state index in [-0.39, 0.29) is 24.0 Å². The number of imidazole rings is 1. The number of aromatic nitrogens is 2. The maximum absolute atomic E-state index is 4.75. The molecule has 120 valence electrons. The molecule has 1 saturated heterocycles. The molecule has 5 nitrogen and oxygen atoms in total. The van der Waals surface area contributed by atoms with Crippen LogP contribution in [-0.4, -0.2) is 46.6 Å². The predicted molar refractivity (Wildman–Crippen MR) is 98.2 cm³/mol. The zero-order chi connectivity index (χ0) is 14.4. The van der Waals surface area contributed by atoms with Crippen LogP contribution in [0.25, 0.3) is 0 Å². The molecule has 1 unspecified atom stereocenters. The minimum atomic E-state index is 0. The number of aliphatic imine (C=N–C) groups is 1. The molecule has 1 atom stereocenters. The minimum absolute atomic E-state index is 0. The molecule has 21 heavy (non-hydrogen) atoms. The van der Waals surface area contributed by atoms with Crippen LogP contribution in [0.3, 0.4) is 0 Å². The standard InChI is InChI=1S/C15H27N5.HI/c1-4-15(3)6-9-20(12-15)14(17-5-2)18-8-11-19-10-7-16-13-19;/h7,10,13H,4-6,8-9,11-12H2,1-3H3,(H,17,18);1H. The highest BCUT2D eigenvalue weighted by Gasteiger charge is 2.33. The molecule has 0 amide bonds. The summed E-state index contributed by atoms with van der Waals surface area (Å²) < 4.78 is 2.06. The van der Waals surface area contributed by atoms with Crippen LogP contribution in [0.1, 0.15) is 33.6 Å². The van der Waals surface area contributed by atoms with Crippen molar-refractivity contribution < 1.29 is 0 Å². The molecule has 2 heterocycles. The van der Waals surface area contributed by atoms with Gasteiger partial charge in [-0.3, -0.25) is 4.99 Å². The molecule has 0 spiro atoms. The van der Waals surface area contributed by atoms with Gasteiger partial charge in [0.05, 0.1) is 12.9 Å². The molecule has 1 aromatic heterocycles. The summed E-state index contributed by atoms with van der Waals surface area (Å²) in [6.45, 7) is 11.6. The van der Waals surface area contributed by atoms with Gasteiger partial charge in [0.1, 0.15) is 0 Å². The molecule has 0 radical (unpaired) electrons. The largest absolute Gasteiger partial charge is 0.357 e. The second kappa shape index (κ2) is 8.60. The Morgan fingerprint density at radius 2 is 2.24 bits per heavy atom. The Bertz CT molecular complexity index is 431. The average Bonchev–Trinajstić information content (AvgIpc) is 3.08. The number of halogens is 1. The third-order valence-electron chi connectivity index (χ3n) is 4.22. The monoisotopic (exact) mass is 405 g/mol. The first-order valence-electron chi connectivity index (χ1n) is 7.66. The van der Waals surface area contributed by atoms with Gasteiger partial charge in [-0.1, -0.05) is 13.8 Å². The van der Waals surface area contributed by atoms with Crippen LogP contribution in [-0.2, 0) is 6.54 Å². The average molecular weight is 405 g/mol. The van der Waals surface area contributed by atoms with Gasteiger partial charge in [-0.05, 0) is 25.2 Å². The number of hydrogen-bond acceptors (Lipinski definition) is 2. The van der Waals surface area contributed by atoms with E-state index in [0.29, 0.717) is 5.41 Å². The fourth-order valence-corrected chi connectivity index (χ4v) is 2.61. The van der Waals surface area contributed by atoms with Gasteiger partial charge in [-0.25, -0.2) is 4.98 Å². The van der Waals surface area contributed by atoms with Crippen LogP contribution < -0.4 is 5.32 Å². The highest BCUT2D eigenvalue weighted by atomic mass is 127. The molecule has 0 aliphatic carbocycles. The lowest BCUT2D eigenvalue weighted by Gasteiger charge is -2.25. The van der Waals surface area contributed by atoms with Gasteiger partial charge in [0.2, 0.25) is 0 Å². The SMILES string of the molecule is CCNC(=NCCn1ccnc1)N1CCC(C)(CC)C1.I. The highest BCUT2D eigenvalue weighted by Crippen LogP contribution is 2.32. The van der Waals surface area contributed by atoms with E-state index in [1.807, 2.05) is 18.7 Å². The summed E-state index contributed by atoms with van der Waals surface area (Å²) >= 11 is 0. The molecule has 6 heteroatoms. The van der Waals surface area contributed by atoms with Gasteiger partial charge in [-0.2, -0.15) is 0 Å². The number of nitrogens with one attached hydrogen (secondary N) is 1. The van der Waals surface area contributed by atoms with Gasteiger partial charge in [0.15, 0.2) is 5.96 Å². The van der Waals surface area contributed by atoms with E-state index in [9.17, 15) is 0 Å². The van der Waals surface area contributed by atoms with E-state index in [1.54, 1.807) is 0 Å². The summed E-state index contributed by atoms with van der Waals surface area (Å²) in [5.74, 6) is 1.06. The first kappa shape index (κ1) is 18.3. The summed E-state index contributed by atoms with van der Waals surface area (Å²) in [4.78, 5) is 11.2. The van der Waals surface area contributed by atoms with E-state index in [1.165, 1.54) is 12.8 Å². The van der Waals surface area contributed by atoms with Crippen molar-refractivity contribution in [2.75, 3.05) is 26.2 Å². The van der Waals surface area contributed by atoms with Gasteiger partial charge in [-0.15, -0.1) is 24.0 Å². The molecule has 2 rings (SSSR count). The third kappa shape index (κ3) is 5.16. The third-order valence-corrected chi connectivity index (χ3v) is 4.22. The normalized spacial score (nSPS) is 22.2. The van der Waals surface area contributed by atoms with Crippen LogP contribution in [0, 0.1) is 5.41 Å². The number of guanidine groups is 1. The van der Waals surface area contributed by atoms with Crippen LogP contribution in [0.4, 0.5) is 0 Å². The second-order valence-corrected chi connectivity index (χ2v) is 5.87. The van der Waals surface area contributed by atoms with Gasteiger partial charge >= 0.3 is 0 Å². The maximum atomic E-state index is 4.75. The molecule has 0 saturated carbocycles. The van der Waals surface area contributed by atoms with Crippen LogP contribution >= 0.6 is 24.0 Å². The predicted octanol–water partition coefficient (Wildman–Crippen LogP) is 2.59. The van der Waals surface area contributed by atoms with Crippen molar-refractivity contribution >= 4 is 29.9 Å². The number of likely N-dealkylation sites (tertiary alicyclic amines) is 1. The molecule has 1 fully saturated rings. The fourth-order valence-electron chi connectivity index (χ4n) is 2.61. The van der Waals surface area contributed by atoms with Gasteiger partial charge < -0.3 is 14.8 Å². The van der Waals surface area contributed by atoms with Crippen molar-refractivity contribution in [3.63, 3.8) is 0 Å². The summed E-state index contributed by atoms with van der Waals surface area (Å²) in [7, 11) is 0. The minimum Gasteiger partial charge on any atom is -0.357 e. The molecule has 1 N–H and O–H groups in total. The Kier molecular flexibility index (Phi) is 7.48. The smallest absolute Gasteiger partial charge is 0.193 e. The molecule has 1 aromatic rings. The van der Waals surface area contributed by atoms with Gasteiger partial charge in [0.25, 0.3) is 0 Å². The zero-order valence-electron chi connectivity index (χ0n) is 13.4. The van der Waals surface area contributed by atoms with E-state index < -0.39 is 0 Å². The first-order chi connectivity index (χ1) is 9.67. The summed E-state index contributed by atoms with van der Waals surface area (Å²) in [6.07, 6.45) is 8.12.